The van der Waals surface area contributed by atoms with E-state index >= 15 is 0 Å². The Labute approximate surface area is 153 Å². The van der Waals surface area contributed by atoms with Gasteiger partial charge in [-0.1, -0.05) is 60.6 Å². The topological polar surface area (TPSA) is 64.4 Å². The summed E-state index contributed by atoms with van der Waals surface area (Å²) < 4.78 is 11.3. The van der Waals surface area contributed by atoms with Crippen LogP contribution in [-0.2, 0) is 4.79 Å². The molecule has 0 aliphatic carbocycles. The van der Waals surface area contributed by atoms with E-state index in [1.807, 2.05) is 75.4 Å². The van der Waals surface area contributed by atoms with Gasteiger partial charge in [0, 0.05) is 11.1 Å². The van der Waals surface area contributed by atoms with Gasteiger partial charge in [0.25, 0.3) is 5.91 Å². The number of carbonyl (C=O) groups is 1. The average Bonchev–Trinajstić information content (AvgIpc) is 3.02. The van der Waals surface area contributed by atoms with E-state index in [1.165, 1.54) is 0 Å². The molecule has 1 N–H and O–H groups in total. The van der Waals surface area contributed by atoms with Gasteiger partial charge in [-0.25, -0.2) is 0 Å². The van der Waals surface area contributed by atoms with Gasteiger partial charge in [-0.2, -0.15) is 0 Å². The summed E-state index contributed by atoms with van der Waals surface area (Å²) >= 11 is 0. The highest BCUT2D eigenvalue weighted by Crippen LogP contribution is 2.28. The molecule has 0 aliphatic heterocycles. The molecular weight excluding hydrogens is 328 g/mol. The second kappa shape index (κ2) is 7.87. The summed E-state index contributed by atoms with van der Waals surface area (Å²) in [6, 6.07) is 17.3. The highest BCUT2D eigenvalue weighted by atomic mass is 16.5. The van der Waals surface area contributed by atoms with Crippen molar-refractivity contribution in [3.63, 3.8) is 0 Å². The minimum atomic E-state index is -0.604. The molecule has 2 aromatic carbocycles. The molecule has 0 spiro atoms. The smallest absolute Gasteiger partial charge is 0.266 e. The van der Waals surface area contributed by atoms with Gasteiger partial charge in [0.15, 0.2) is 17.7 Å². The van der Waals surface area contributed by atoms with Crippen LogP contribution < -0.4 is 10.1 Å². The van der Waals surface area contributed by atoms with Crippen molar-refractivity contribution in [2.24, 2.45) is 0 Å². The van der Waals surface area contributed by atoms with Gasteiger partial charge in [0.05, 0.1) is 0 Å². The van der Waals surface area contributed by atoms with Crippen LogP contribution in [0.1, 0.15) is 24.5 Å². The molecule has 5 nitrogen and oxygen atoms in total. The van der Waals surface area contributed by atoms with Crippen molar-refractivity contribution in [1.29, 1.82) is 0 Å². The number of ether oxygens (including phenoxy) is 1. The van der Waals surface area contributed by atoms with E-state index in [0.717, 1.165) is 16.7 Å². The molecule has 0 radical (unpaired) electrons. The lowest BCUT2D eigenvalue weighted by Gasteiger charge is -2.18. The number of carbonyl (C=O) groups excluding carboxylic acids is 1. The lowest BCUT2D eigenvalue weighted by atomic mass is 10.1. The largest absolute Gasteiger partial charge is 0.480 e. The molecule has 26 heavy (non-hydrogen) atoms. The van der Waals surface area contributed by atoms with Gasteiger partial charge in [-0.05, 0) is 31.9 Å². The maximum absolute atomic E-state index is 12.6. The van der Waals surface area contributed by atoms with E-state index < -0.39 is 6.10 Å². The fourth-order valence-electron chi connectivity index (χ4n) is 2.67. The molecule has 0 fully saturated rings. The number of anilines is 1. The number of hydrogen-bond donors (Lipinski definition) is 1. The minimum absolute atomic E-state index is 0.244. The third kappa shape index (κ3) is 3.77. The number of benzene rings is 2. The van der Waals surface area contributed by atoms with E-state index in [1.54, 1.807) is 0 Å². The van der Waals surface area contributed by atoms with E-state index in [9.17, 15) is 4.79 Å². The highest BCUT2D eigenvalue weighted by Gasteiger charge is 2.22. The van der Waals surface area contributed by atoms with Gasteiger partial charge in [-0.15, -0.1) is 0 Å². The number of aromatic nitrogens is 1. The van der Waals surface area contributed by atoms with Crippen LogP contribution in [-0.4, -0.2) is 17.2 Å². The third-order valence-electron chi connectivity index (χ3n) is 4.23. The zero-order valence-corrected chi connectivity index (χ0v) is 15.2. The number of rotatable bonds is 6. The molecular formula is C21H22N2O3. The second-order valence-electron chi connectivity index (χ2n) is 6.12. The van der Waals surface area contributed by atoms with Gasteiger partial charge in [-0.3, -0.25) is 4.79 Å². The zero-order chi connectivity index (χ0) is 18.5. The van der Waals surface area contributed by atoms with Crippen LogP contribution in [0.4, 0.5) is 5.82 Å². The standard InChI is InChI=1S/C21H22N2O3/c1-4-17(25-18-13-9-8-10-14(18)2)21(24)22-20-15(3)19(26-23-20)16-11-6-5-7-12-16/h5-13,17H,4H2,1-3H3,(H,22,23,24). The molecule has 1 heterocycles. The molecule has 1 atom stereocenters. The second-order valence-corrected chi connectivity index (χ2v) is 6.12. The Kier molecular flexibility index (Phi) is 5.37. The van der Waals surface area contributed by atoms with Gasteiger partial charge >= 0.3 is 0 Å². The Morgan fingerprint density at radius 1 is 1.12 bits per heavy atom. The zero-order valence-electron chi connectivity index (χ0n) is 15.2. The summed E-state index contributed by atoms with van der Waals surface area (Å²) in [5.41, 5.74) is 2.69. The third-order valence-corrected chi connectivity index (χ3v) is 4.23. The number of nitrogens with zero attached hydrogens (tertiary/aromatic N) is 1. The fraction of sp³-hybridized carbons (Fsp3) is 0.238. The predicted molar refractivity (Wildman–Crippen MR) is 101 cm³/mol. The molecule has 0 saturated carbocycles. The molecule has 1 unspecified atom stereocenters. The molecule has 134 valence electrons. The van der Waals surface area contributed by atoms with Crippen molar-refractivity contribution in [3.8, 4) is 17.1 Å². The number of amides is 1. The summed E-state index contributed by atoms with van der Waals surface area (Å²) in [6.45, 7) is 5.74. The van der Waals surface area contributed by atoms with Crippen molar-refractivity contribution < 1.29 is 14.1 Å². The molecule has 0 bridgehead atoms. The number of hydrogen-bond acceptors (Lipinski definition) is 4. The van der Waals surface area contributed by atoms with Crippen molar-refractivity contribution in [2.75, 3.05) is 5.32 Å². The lowest BCUT2D eigenvalue weighted by Crippen LogP contribution is -2.32. The van der Waals surface area contributed by atoms with E-state index in [4.69, 9.17) is 9.26 Å². The minimum Gasteiger partial charge on any atom is -0.480 e. The average molecular weight is 350 g/mol. The predicted octanol–water partition coefficient (Wildman–Crippen LogP) is 4.75. The van der Waals surface area contributed by atoms with E-state index in [2.05, 4.69) is 10.5 Å². The Morgan fingerprint density at radius 3 is 2.50 bits per heavy atom. The molecule has 3 rings (SSSR count). The van der Waals surface area contributed by atoms with Crippen LogP contribution in [0.5, 0.6) is 5.75 Å². The van der Waals surface area contributed by atoms with Crippen LogP contribution in [0.25, 0.3) is 11.3 Å². The van der Waals surface area contributed by atoms with Gasteiger partial charge in [0.2, 0.25) is 0 Å². The summed E-state index contributed by atoms with van der Waals surface area (Å²) in [5, 5.41) is 6.83. The van der Waals surface area contributed by atoms with Crippen molar-refractivity contribution in [3.05, 3.63) is 65.7 Å². The van der Waals surface area contributed by atoms with Crippen LogP contribution in [0.3, 0.4) is 0 Å². The molecule has 0 saturated heterocycles. The Hall–Kier alpha value is -3.08. The van der Waals surface area contributed by atoms with Crippen molar-refractivity contribution in [1.82, 2.24) is 5.16 Å². The Bertz CT molecular complexity index is 887. The summed E-state index contributed by atoms with van der Waals surface area (Å²) in [5.74, 6) is 1.53. The quantitative estimate of drug-likeness (QED) is 0.696. The first-order chi connectivity index (χ1) is 12.6. The molecule has 1 aromatic heterocycles. The van der Waals surface area contributed by atoms with Crippen LogP contribution >= 0.6 is 0 Å². The highest BCUT2D eigenvalue weighted by molar-refractivity contribution is 5.94. The maximum Gasteiger partial charge on any atom is 0.266 e. The maximum atomic E-state index is 12.6. The van der Waals surface area contributed by atoms with Crippen molar-refractivity contribution >= 4 is 11.7 Å². The first-order valence-corrected chi connectivity index (χ1v) is 8.65. The van der Waals surface area contributed by atoms with E-state index in [-0.39, 0.29) is 5.91 Å². The van der Waals surface area contributed by atoms with Crippen molar-refractivity contribution in [2.45, 2.75) is 33.3 Å². The van der Waals surface area contributed by atoms with Crippen LogP contribution in [0.2, 0.25) is 0 Å². The van der Waals surface area contributed by atoms with Gasteiger partial charge in [0.1, 0.15) is 5.75 Å². The number of para-hydroxylation sites is 1. The summed E-state index contributed by atoms with van der Waals surface area (Å²) in [7, 11) is 0. The first kappa shape index (κ1) is 17.7. The monoisotopic (exact) mass is 350 g/mol. The summed E-state index contributed by atoms with van der Waals surface area (Å²) in [4.78, 5) is 12.6. The molecule has 3 aromatic rings. The fourth-order valence-corrected chi connectivity index (χ4v) is 2.67. The normalized spacial score (nSPS) is 11.8. The van der Waals surface area contributed by atoms with Gasteiger partial charge < -0.3 is 14.6 Å². The number of aryl methyl sites for hydroxylation is 1. The summed E-state index contributed by atoms with van der Waals surface area (Å²) in [6.07, 6.45) is -0.0600. The molecule has 1 amide bonds. The van der Waals surface area contributed by atoms with Crippen LogP contribution in [0.15, 0.2) is 59.1 Å². The Morgan fingerprint density at radius 2 is 1.81 bits per heavy atom. The molecule has 0 aliphatic rings. The molecule has 5 heteroatoms. The SMILES string of the molecule is CCC(Oc1ccccc1C)C(=O)Nc1noc(-c2ccccc2)c1C. The lowest BCUT2D eigenvalue weighted by molar-refractivity contribution is -0.122. The Balaban J connectivity index is 1.75. The first-order valence-electron chi connectivity index (χ1n) is 8.65. The van der Waals surface area contributed by atoms with E-state index in [0.29, 0.717) is 23.7 Å². The number of nitrogens with one attached hydrogen (secondary N) is 1. The van der Waals surface area contributed by atoms with Crippen LogP contribution in [0, 0.1) is 13.8 Å².